The van der Waals surface area contributed by atoms with Gasteiger partial charge in [0.25, 0.3) is 0 Å². The number of ether oxygens (including phenoxy) is 1. The first-order valence-electron chi connectivity index (χ1n) is 10.3. The van der Waals surface area contributed by atoms with Crippen molar-refractivity contribution in [1.82, 2.24) is 9.97 Å². The van der Waals surface area contributed by atoms with E-state index in [1.54, 1.807) is 0 Å². The van der Waals surface area contributed by atoms with Crippen molar-refractivity contribution in [3.63, 3.8) is 0 Å². The highest BCUT2D eigenvalue weighted by atomic mass is 16.5. The van der Waals surface area contributed by atoms with Gasteiger partial charge in [0, 0.05) is 16.7 Å². The summed E-state index contributed by atoms with van der Waals surface area (Å²) in [6.45, 7) is 0.553. The van der Waals surface area contributed by atoms with E-state index >= 15 is 0 Å². The Morgan fingerprint density at radius 2 is 1.16 bits per heavy atom. The summed E-state index contributed by atoms with van der Waals surface area (Å²) in [6.07, 6.45) is 0. The Bertz CT molecular complexity index is 1190. The van der Waals surface area contributed by atoms with Crippen LogP contribution in [0.15, 0.2) is 115 Å². The highest BCUT2D eigenvalue weighted by Crippen LogP contribution is 2.33. The van der Waals surface area contributed by atoms with E-state index in [0.717, 1.165) is 45.2 Å². The van der Waals surface area contributed by atoms with Crippen molar-refractivity contribution < 1.29 is 4.74 Å². The average molecular weight is 402 g/mol. The molecule has 5 aromatic rings. The third kappa shape index (κ3) is 4.26. The number of aromatic amines is 1. The summed E-state index contributed by atoms with van der Waals surface area (Å²) in [5.74, 6) is 1.68. The van der Waals surface area contributed by atoms with Gasteiger partial charge in [-0.05, 0) is 29.8 Å². The maximum Gasteiger partial charge on any atom is 0.138 e. The molecule has 0 radical (unpaired) electrons. The molecule has 0 atom stereocenters. The quantitative estimate of drug-likeness (QED) is 0.332. The molecule has 4 aromatic carbocycles. The van der Waals surface area contributed by atoms with E-state index in [2.05, 4.69) is 41.4 Å². The first-order chi connectivity index (χ1) is 15.4. The van der Waals surface area contributed by atoms with Gasteiger partial charge in [0.2, 0.25) is 0 Å². The number of imidazole rings is 1. The molecule has 1 aromatic heterocycles. The molecule has 31 heavy (non-hydrogen) atoms. The standard InChI is InChI=1S/C28H22N2O/c1-4-10-21(11-5-1)20-31-25-18-16-24(17-19-25)28-29-26(22-12-6-2-7-13-22)27(30-28)23-14-8-3-9-15-23/h1-19H,20H2,(H,29,30). The third-order valence-electron chi connectivity index (χ3n) is 5.19. The van der Waals surface area contributed by atoms with Crippen molar-refractivity contribution in [1.29, 1.82) is 0 Å². The smallest absolute Gasteiger partial charge is 0.138 e. The van der Waals surface area contributed by atoms with E-state index in [9.17, 15) is 0 Å². The van der Waals surface area contributed by atoms with E-state index in [0.29, 0.717) is 6.61 Å². The third-order valence-corrected chi connectivity index (χ3v) is 5.19. The minimum absolute atomic E-state index is 0.553. The summed E-state index contributed by atoms with van der Waals surface area (Å²) >= 11 is 0. The second-order valence-electron chi connectivity index (χ2n) is 7.34. The molecule has 0 aliphatic heterocycles. The van der Waals surface area contributed by atoms with Gasteiger partial charge >= 0.3 is 0 Å². The number of nitrogens with one attached hydrogen (secondary N) is 1. The molecular weight excluding hydrogens is 380 g/mol. The molecule has 1 heterocycles. The van der Waals surface area contributed by atoms with Crippen LogP contribution in [0.25, 0.3) is 33.9 Å². The lowest BCUT2D eigenvalue weighted by Crippen LogP contribution is -1.94. The van der Waals surface area contributed by atoms with Crippen LogP contribution in [0.2, 0.25) is 0 Å². The van der Waals surface area contributed by atoms with Crippen LogP contribution in [-0.4, -0.2) is 9.97 Å². The van der Waals surface area contributed by atoms with Gasteiger partial charge < -0.3 is 9.72 Å². The van der Waals surface area contributed by atoms with Crippen LogP contribution < -0.4 is 4.74 Å². The SMILES string of the molecule is c1ccc(COc2ccc(-c3nc(-c4ccccc4)c(-c4ccccc4)[nH]3)cc2)cc1. The van der Waals surface area contributed by atoms with E-state index in [-0.39, 0.29) is 0 Å². The summed E-state index contributed by atoms with van der Waals surface area (Å²) in [5, 5.41) is 0. The monoisotopic (exact) mass is 402 g/mol. The van der Waals surface area contributed by atoms with Crippen LogP contribution in [0, 0.1) is 0 Å². The summed E-state index contributed by atoms with van der Waals surface area (Å²) in [5.41, 5.74) is 6.34. The van der Waals surface area contributed by atoms with Crippen LogP contribution in [-0.2, 0) is 6.61 Å². The van der Waals surface area contributed by atoms with Crippen LogP contribution >= 0.6 is 0 Å². The molecule has 0 saturated carbocycles. The highest BCUT2D eigenvalue weighted by Gasteiger charge is 2.15. The zero-order chi connectivity index (χ0) is 20.9. The Hall–Kier alpha value is -4.11. The molecule has 3 nitrogen and oxygen atoms in total. The van der Waals surface area contributed by atoms with Gasteiger partial charge in [0.15, 0.2) is 0 Å². The minimum Gasteiger partial charge on any atom is -0.489 e. The predicted molar refractivity (Wildman–Crippen MR) is 126 cm³/mol. The Labute approximate surface area is 182 Å². The lowest BCUT2D eigenvalue weighted by molar-refractivity contribution is 0.306. The molecule has 0 unspecified atom stereocenters. The molecule has 0 aliphatic rings. The Kier molecular flexibility index (Phi) is 5.31. The number of aromatic nitrogens is 2. The molecule has 5 rings (SSSR count). The Morgan fingerprint density at radius 1 is 0.581 bits per heavy atom. The number of H-pyrrole nitrogens is 1. The fourth-order valence-corrected chi connectivity index (χ4v) is 3.58. The molecule has 0 amide bonds. The van der Waals surface area contributed by atoms with Gasteiger partial charge in [-0.2, -0.15) is 0 Å². The fourth-order valence-electron chi connectivity index (χ4n) is 3.58. The van der Waals surface area contributed by atoms with Crippen LogP contribution in [0.3, 0.4) is 0 Å². The van der Waals surface area contributed by atoms with Crippen LogP contribution in [0.4, 0.5) is 0 Å². The second-order valence-corrected chi connectivity index (χ2v) is 7.34. The van der Waals surface area contributed by atoms with Crippen molar-refractivity contribution in [2.45, 2.75) is 6.61 Å². The zero-order valence-corrected chi connectivity index (χ0v) is 17.0. The van der Waals surface area contributed by atoms with Crippen molar-refractivity contribution in [3.8, 4) is 39.7 Å². The Balaban J connectivity index is 1.44. The maximum atomic E-state index is 5.92. The topological polar surface area (TPSA) is 37.9 Å². The molecule has 150 valence electrons. The number of rotatable bonds is 6. The molecule has 3 heteroatoms. The number of hydrogen-bond donors (Lipinski definition) is 1. The molecule has 0 fully saturated rings. The van der Waals surface area contributed by atoms with E-state index in [1.165, 1.54) is 0 Å². The van der Waals surface area contributed by atoms with Gasteiger partial charge in [-0.15, -0.1) is 0 Å². The second kappa shape index (κ2) is 8.72. The maximum absolute atomic E-state index is 5.92. The van der Waals surface area contributed by atoms with Crippen molar-refractivity contribution in [3.05, 3.63) is 121 Å². The van der Waals surface area contributed by atoms with E-state index in [4.69, 9.17) is 9.72 Å². The molecular formula is C28H22N2O. The summed E-state index contributed by atoms with van der Waals surface area (Å²) in [7, 11) is 0. The van der Waals surface area contributed by atoms with E-state index in [1.807, 2.05) is 78.9 Å². The predicted octanol–water partition coefficient (Wildman–Crippen LogP) is 6.99. The van der Waals surface area contributed by atoms with Gasteiger partial charge in [-0.1, -0.05) is 91.0 Å². The van der Waals surface area contributed by atoms with Gasteiger partial charge in [0.1, 0.15) is 18.2 Å². The number of nitrogens with zero attached hydrogens (tertiary/aromatic N) is 1. The van der Waals surface area contributed by atoms with Crippen LogP contribution in [0.1, 0.15) is 5.56 Å². The van der Waals surface area contributed by atoms with Crippen molar-refractivity contribution in [2.75, 3.05) is 0 Å². The lowest BCUT2D eigenvalue weighted by atomic mass is 10.1. The molecule has 0 saturated heterocycles. The highest BCUT2D eigenvalue weighted by molar-refractivity contribution is 5.81. The summed E-state index contributed by atoms with van der Waals surface area (Å²) in [6, 6.07) is 38.8. The number of benzene rings is 4. The first kappa shape index (κ1) is 18.9. The normalized spacial score (nSPS) is 10.7. The minimum atomic E-state index is 0.553. The molecule has 1 N–H and O–H groups in total. The van der Waals surface area contributed by atoms with Gasteiger partial charge in [-0.25, -0.2) is 4.98 Å². The van der Waals surface area contributed by atoms with E-state index < -0.39 is 0 Å². The largest absolute Gasteiger partial charge is 0.489 e. The molecule has 0 bridgehead atoms. The van der Waals surface area contributed by atoms with Crippen molar-refractivity contribution >= 4 is 0 Å². The Morgan fingerprint density at radius 3 is 1.81 bits per heavy atom. The molecule has 0 spiro atoms. The van der Waals surface area contributed by atoms with Gasteiger partial charge in [-0.3, -0.25) is 0 Å². The fraction of sp³-hybridized carbons (Fsp3) is 0.0357. The lowest BCUT2D eigenvalue weighted by Gasteiger charge is -2.06. The van der Waals surface area contributed by atoms with Gasteiger partial charge in [0.05, 0.1) is 11.4 Å². The summed E-state index contributed by atoms with van der Waals surface area (Å²) in [4.78, 5) is 8.49. The first-order valence-corrected chi connectivity index (χ1v) is 10.3. The zero-order valence-electron chi connectivity index (χ0n) is 17.0. The van der Waals surface area contributed by atoms with Crippen molar-refractivity contribution in [2.24, 2.45) is 0 Å². The number of hydrogen-bond acceptors (Lipinski definition) is 2. The van der Waals surface area contributed by atoms with Crippen LogP contribution in [0.5, 0.6) is 5.75 Å². The molecule has 0 aliphatic carbocycles. The summed E-state index contributed by atoms with van der Waals surface area (Å²) < 4.78 is 5.92. The average Bonchev–Trinajstić information content (AvgIpc) is 3.30.